The van der Waals surface area contributed by atoms with Crippen molar-refractivity contribution >= 4 is 0 Å². The van der Waals surface area contributed by atoms with Crippen molar-refractivity contribution in [3.8, 4) is 0 Å². The van der Waals surface area contributed by atoms with Crippen LogP contribution in [0.4, 0.5) is 0 Å². The van der Waals surface area contributed by atoms with Crippen LogP contribution < -0.4 is 5.73 Å². The summed E-state index contributed by atoms with van der Waals surface area (Å²) in [5.41, 5.74) is 10.1. The molecule has 2 nitrogen and oxygen atoms in total. The first kappa shape index (κ1) is 13.3. The summed E-state index contributed by atoms with van der Waals surface area (Å²) in [6.07, 6.45) is 3.66. The minimum atomic E-state index is -0.0507. The van der Waals surface area contributed by atoms with E-state index in [1.54, 1.807) is 0 Å². The van der Waals surface area contributed by atoms with Gasteiger partial charge in [0.1, 0.15) is 0 Å². The van der Waals surface area contributed by atoms with Crippen molar-refractivity contribution < 1.29 is 4.74 Å². The molecule has 0 heterocycles. The van der Waals surface area contributed by atoms with Crippen molar-refractivity contribution in [3.63, 3.8) is 0 Å². The zero-order valence-electron chi connectivity index (χ0n) is 11.7. The lowest BCUT2D eigenvalue weighted by atomic mass is 9.89. The number of rotatable bonds is 4. The van der Waals surface area contributed by atoms with Gasteiger partial charge in [0.2, 0.25) is 0 Å². The lowest BCUT2D eigenvalue weighted by molar-refractivity contribution is 0.0319. The molecule has 20 heavy (non-hydrogen) atoms. The van der Waals surface area contributed by atoms with E-state index in [1.807, 2.05) is 18.2 Å². The zero-order valence-corrected chi connectivity index (χ0v) is 11.7. The second-order valence-corrected chi connectivity index (χ2v) is 5.43. The van der Waals surface area contributed by atoms with Crippen LogP contribution in [0.1, 0.15) is 41.7 Å². The molecule has 0 amide bonds. The molecule has 0 saturated heterocycles. The number of fused-ring (bicyclic) bond motifs is 1. The minimum absolute atomic E-state index is 0.0507. The Labute approximate surface area is 120 Å². The molecule has 2 aromatic rings. The fraction of sp³-hybridized carbons (Fsp3) is 0.333. The Morgan fingerprint density at radius 3 is 2.65 bits per heavy atom. The highest BCUT2D eigenvalue weighted by atomic mass is 16.5. The van der Waals surface area contributed by atoms with Crippen LogP contribution in [0.15, 0.2) is 54.6 Å². The highest BCUT2D eigenvalue weighted by molar-refractivity contribution is 5.31. The van der Waals surface area contributed by atoms with Crippen molar-refractivity contribution in [1.29, 1.82) is 0 Å². The highest BCUT2D eigenvalue weighted by Gasteiger charge is 2.21. The van der Waals surface area contributed by atoms with E-state index in [9.17, 15) is 0 Å². The maximum absolute atomic E-state index is 6.21. The standard InChI is InChI=1S/C18H21NO/c19-17(15-8-2-1-3-9-15)13-20-18-12-6-10-14-7-4-5-11-16(14)18/h1-5,7-9,11,17-18H,6,10,12-13,19H2. The first-order chi connectivity index (χ1) is 9.84. The van der Waals surface area contributed by atoms with Gasteiger partial charge in [0, 0.05) is 0 Å². The number of nitrogens with two attached hydrogens (primary N) is 1. The molecule has 3 rings (SSSR count). The molecule has 0 spiro atoms. The number of ether oxygens (including phenoxy) is 1. The van der Waals surface area contributed by atoms with Crippen LogP contribution in [0.5, 0.6) is 0 Å². The van der Waals surface area contributed by atoms with Crippen LogP contribution in [0.3, 0.4) is 0 Å². The summed E-state index contributed by atoms with van der Waals surface area (Å²) in [6, 6.07) is 18.7. The van der Waals surface area contributed by atoms with E-state index in [-0.39, 0.29) is 12.1 Å². The van der Waals surface area contributed by atoms with Gasteiger partial charge in [-0.25, -0.2) is 0 Å². The van der Waals surface area contributed by atoms with Gasteiger partial charge in [-0.1, -0.05) is 54.6 Å². The lowest BCUT2D eigenvalue weighted by Crippen LogP contribution is -2.21. The quantitative estimate of drug-likeness (QED) is 0.915. The van der Waals surface area contributed by atoms with E-state index in [1.165, 1.54) is 24.0 Å². The van der Waals surface area contributed by atoms with Gasteiger partial charge < -0.3 is 10.5 Å². The second-order valence-electron chi connectivity index (χ2n) is 5.43. The number of hydrogen-bond donors (Lipinski definition) is 1. The molecule has 0 aliphatic heterocycles. The largest absolute Gasteiger partial charge is 0.372 e. The van der Waals surface area contributed by atoms with Gasteiger partial charge in [-0.15, -0.1) is 0 Å². The molecule has 2 aromatic carbocycles. The van der Waals surface area contributed by atoms with Crippen LogP contribution in [0.25, 0.3) is 0 Å². The minimum Gasteiger partial charge on any atom is -0.372 e. The molecule has 0 fully saturated rings. The van der Waals surface area contributed by atoms with Gasteiger partial charge in [-0.3, -0.25) is 0 Å². The molecule has 2 atom stereocenters. The van der Waals surface area contributed by atoms with E-state index in [4.69, 9.17) is 10.5 Å². The Kier molecular flexibility index (Phi) is 4.14. The summed E-state index contributed by atoms with van der Waals surface area (Å²) < 4.78 is 6.10. The smallest absolute Gasteiger partial charge is 0.0828 e. The normalized spacial score (nSPS) is 19.4. The van der Waals surface area contributed by atoms with Gasteiger partial charge in [-0.05, 0) is 36.0 Å². The summed E-state index contributed by atoms with van der Waals surface area (Å²) >= 11 is 0. The molecule has 0 aromatic heterocycles. The van der Waals surface area contributed by atoms with E-state index >= 15 is 0 Å². The second kappa shape index (κ2) is 6.21. The Morgan fingerprint density at radius 1 is 1.05 bits per heavy atom. The Hall–Kier alpha value is -1.64. The highest BCUT2D eigenvalue weighted by Crippen LogP contribution is 2.32. The van der Waals surface area contributed by atoms with Crippen molar-refractivity contribution in [2.24, 2.45) is 5.73 Å². The Bertz CT molecular complexity index is 552. The summed E-state index contributed by atoms with van der Waals surface area (Å²) in [6.45, 7) is 0.572. The van der Waals surface area contributed by atoms with Crippen molar-refractivity contribution in [2.45, 2.75) is 31.4 Å². The SMILES string of the molecule is NC(COC1CCCc2ccccc21)c1ccccc1. The van der Waals surface area contributed by atoms with Gasteiger partial charge in [0.15, 0.2) is 0 Å². The van der Waals surface area contributed by atoms with Crippen LogP contribution in [-0.4, -0.2) is 6.61 Å². The van der Waals surface area contributed by atoms with E-state index in [2.05, 4.69) is 36.4 Å². The molecular weight excluding hydrogens is 246 g/mol. The van der Waals surface area contributed by atoms with E-state index in [0.29, 0.717) is 6.61 Å². The predicted octanol–water partition coefficient (Wildman–Crippen LogP) is 3.78. The number of aryl methyl sites for hydroxylation is 1. The molecule has 1 aliphatic carbocycles. The maximum atomic E-state index is 6.21. The van der Waals surface area contributed by atoms with Gasteiger partial charge in [-0.2, -0.15) is 0 Å². The maximum Gasteiger partial charge on any atom is 0.0828 e. The monoisotopic (exact) mass is 267 g/mol. The summed E-state index contributed by atoms with van der Waals surface area (Å²) in [7, 11) is 0. The van der Waals surface area contributed by atoms with Crippen LogP contribution in [0, 0.1) is 0 Å². The molecule has 0 bridgehead atoms. The first-order valence-corrected chi connectivity index (χ1v) is 7.34. The fourth-order valence-corrected chi connectivity index (χ4v) is 2.90. The average Bonchev–Trinajstić information content (AvgIpc) is 2.53. The number of benzene rings is 2. The summed E-state index contributed by atoms with van der Waals surface area (Å²) in [5, 5.41) is 0. The molecular formula is C18H21NO. The molecule has 2 heteroatoms. The third-order valence-electron chi connectivity index (χ3n) is 4.02. The van der Waals surface area contributed by atoms with Crippen molar-refractivity contribution in [2.75, 3.05) is 6.61 Å². The number of hydrogen-bond acceptors (Lipinski definition) is 2. The van der Waals surface area contributed by atoms with E-state index in [0.717, 1.165) is 12.0 Å². The van der Waals surface area contributed by atoms with Gasteiger partial charge in [0.05, 0.1) is 18.8 Å². The lowest BCUT2D eigenvalue weighted by Gasteiger charge is -2.27. The zero-order chi connectivity index (χ0) is 13.8. The molecule has 2 N–H and O–H groups in total. The average molecular weight is 267 g/mol. The topological polar surface area (TPSA) is 35.2 Å². The van der Waals surface area contributed by atoms with Crippen LogP contribution in [0.2, 0.25) is 0 Å². The molecule has 104 valence electrons. The molecule has 2 unspecified atom stereocenters. The van der Waals surface area contributed by atoms with Crippen LogP contribution >= 0.6 is 0 Å². The first-order valence-electron chi connectivity index (χ1n) is 7.34. The summed E-state index contributed by atoms with van der Waals surface area (Å²) in [4.78, 5) is 0. The fourth-order valence-electron chi connectivity index (χ4n) is 2.90. The van der Waals surface area contributed by atoms with Crippen molar-refractivity contribution in [1.82, 2.24) is 0 Å². The van der Waals surface area contributed by atoms with Crippen LogP contribution in [-0.2, 0) is 11.2 Å². The summed E-state index contributed by atoms with van der Waals surface area (Å²) in [5.74, 6) is 0. The molecule has 1 aliphatic rings. The molecule has 0 radical (unpaired) electrons. The predicted molar refractivity (Wildman–Crippen MR) is 81.4 cm³/mol. The Morgan fingerprint density at radius 2 is 1.80 bits per heavy atom. The molecule has 0 saturated carbocycles. The van der Waals surface area contributed by atoms with Gasteiger partial charge >= 0.3 is 0 Å². The third-order valence-corrected chi connectivity index (χ3v) is 4.02. The van der Waals surface area contributed by atoms with Gasteiger partial charge in [0.25, 0.3) is 0 Å². The van der Waals surface area contributed by atoms with Crippen molar-refractivity contribution in [3.05, 3.63) is 71.3 Å². The third kappa shape index (κ3) is 2.92. The Balaban J connectivity index is 1.65. The van der Waals surface area contributed by atoms with E-state index < -0.39 is 0 Å².